The zero-order valence-electron chi connectivity index (χ0n) is 13.6. The maximum Gasteiger partial charge on any atom is 0.410 e. The summed E-state index contributed by atoms with van der Waals surface area (Å²) in [5.74, 6) is -3.25. The van der Waals surface area contributed by atoms with Crippen LogP contribution in [0.3, 0.4) is 0 Å². The number of likely N-dealkylation sites (tertiary alicyclic amines) is 2. The van der Waals surface area contributed by atoms with E-state index >= 15 is 0 Å². The summed E-state index contributed by atoms with van der Waals surface area (Å²) in [6.45, 7) is 6.79. The van der Waals surface area contributed by atoms with E-state index in [9.17, 15) is 18.4 Å². The third-order valence-corrected chi connectivity index (χ3v) is 3.99. The Balaban J connectivity index is 2.10. The summed E-state index contributed by atoms with van der Waals surface area (Å²) < 4.78 is 33.2. The van der Waals surface area contributed by atoms with Crippen molar-refractivity contribution in [1.29, 1.82) is 0 Å². The number of alkyl halides is 2. The van der Waals surface area contributed by atoms with Crippen LogP contribution in [-0.2, 0) is 9.53 Å². The fourth-order valence-corrected chi connectivity index (χ4v) is 2.96. The third-order valence-electron chi connectivity index (χ3n) is 3.99. The zero-order valence-corrected chi connectivity index (χ0v) is 13.6. The predicted molar refractivity (Wildman–Crippen MR) is 76.7 cm³/mol. The molecule has 2 aliphatic heterocycles. The molecule has 0 aromatic carbocycles. The average molecular weight is 318 g/mol. The quantitative estimate of drug-likeness (QED) is 0.746. The lowest BCUT2D eigenvalue weighted by molar-refractivity contribution is -0.139. The van der Waals surface area contributed by atoms with Crippen molar-refractivity contribution in [3.8, 4) is 0 Å². The van der Waals surface area contributed by atoms with Crippen LogP contribution in [0.15, 0.2) is 0 Å². The van der Waals surface area contributed by atoms with E-state index in [1.165, 1.54) is 4.90 Å². The Morgan fingerprint density at radius 3 is 2.50 bits per heavy atom. The first-order valence-electron chi connectivity index (χ1n) is 7.65. The molecule has 0 spiro atoms. The van der Waals surface area contributed by atoms with Crippen molar-refractivity contribution in [3.05, 3.63) is 0 Å². The molecule has 0 aromatic rings. The van der Waals surface area contributed by atoms with E-state index < -0.39 is 36.6 Å². The maximum absolute atomic E-state index is 14.0. The van der Waals surface area contributed by atoms with E-state index in [-0.39, 0.29) is 18.4 Å². The van der Waals surface area contributed by atoms with Crippen LogP contribution in [0.5, 0.6) is 0 Å². The number of ether oxygens (including phenoxy) is 1. The molecule has 126 valence electrons. The molecule has 2 fully saturated rings. The summed E-state index contributed by atoms with van der Waals surface area (Å²) in [5.41, 5.74) is -0.739. The number of amides is 2. The number of carbonyl (C=O) groups excluding carboxylic acids is 2. The van der Waals surface area contributed by atoms with Gasteiger partial charge >= 0.3 is 6.09 Å². The third kappa shape index (κ3) is 3.87. The number of nitrogens with zero attached hydrogens (tertiary/aromatic N) is 2. The first-order valence-corrected chi connectivity index (χ1v) is 7.65. The SMILES string of the molecule is CC1CCN([C@H]2CN(C(=O)OC(C)(C)C)CC(F)(F)C2)C1=O. The molecule has 2 saturated heterocycles. The molecule has 0 aromatic heterocycles. The molecular weight excluding hydrogens is 294 g/mol. The van der Waals surface area contributed by atoms with Crippen LogP contribution in [0.4, 0.5) is 13.6 Å². The van der Waals surface area contributed by atoms with Crippen molar-refractivity contribution in [1.82, 2.24) is 9.80 Å². The van der Waals surface area contributed by atoms with Gasteiger partial charge in [0, 0.05) is 25.4 Å². The normalized spacial score (nSPS) is 28.9. The van der Waals surface area contributed by atoms with Crippen LogP contribution in [0.25, 0.3) is 0 Å². The fraction of sp³-hybridized carbons (Fsp3) is 0.867. The van der Waals surface area contributed by atoms with Gasteiger partial charge in [-0.15, -0.1) is 0 Å². The molecule has 2 amide bonds. The number of carbonyl (C=O) groups is 2. The van der Waals surface area contributed by atoms with Gasteiger partial charge in [0.1, 0.15) is 5.60 Å². The van der Waals surface area contributed by atoms with Crippen LogP contribution in [0, 0.1) is 5.92 Å². The Hall–Kier alpha value is -1.40. The minimum Gasteiger partial charge on any atom is -0.444 e. The van der Waals surface area contributed by atoms with Gasteiger partial charge in [-0.05, 0) is 27.2 Å². The Labute approximate surface area is 129 Å². The zero-order chi connectivity index (χ0) is 16.7. The predicted octanol–water partition coefficient (Wildman–Crippen LogP) is 2.50. The highest BCUT2D eigenvalue weighted by Gasteiger charge is 2.47. The number of hydrogen-bond acceptors (Lipinski definition) is 3. The minimum absolute atomic E-state index is 0.100. The van der Waals surface area contributed by atoms with Crippen LogP contribution in [0.1, 0.15) is 40.5 Å². The van der Waals surface area contributed by atoms with Crippen molar-refractivity contribution in [3.63, 3.8) is 0 Å². The lowest BCUT2D eigenvalue weighted by atomic mass is 10.0. The highest BCUT2D eigenvalue weighted by atomic mass is 19.3. The van der Waals surface area contributed by atoms with E-state index in [4.69, 9.17) is 4.74 Å². The molecular formula is C15H24F2N2O3. The minimum atomic E-state index is -3.01. The summed E-state index contributed by atoms with van der Waals surface area (Å²) in [5, 5.41) is 0. The Morgan fingerprint density at radius 1 is 1.36 bits per heavy atom. The number of rotatable bonds is 1. The summed E-state index contributed by atoms with van der Waals surface area (Å²) in [4.78, 5) is 26.7. The molecule has 2 atom stereocenters. The van der Waals surface area contributed by atoms with Crippen molar-refractivity contribution in [2.45, 2.75) is 58.1 Å². The molecule has 1 unspecified atom stereocenters. The van der Waals surface area contributed by atoms with E-state index in [2.05, 4.69) is 0 Å². The second kappa shape index (κ2) is 5.66. The highest BCUT2D eigenvalue weighted by molar-refractivity contribution is 5.81. The average Bonchev–Trinajstić information content (AvgIpc) is 2.66. The molecule has 2 rings (SSSR count). The largest absolute Gasteiger partial charge is 0.444 e. The van der Waals surface area contributed by atoms with E-state index in [0.29, 0.717) is 13.0 Å². The van der Waals surface area contributed by atoms with Gasteiger partial charge < -0.3 is 14.5 Å². The fourth-order valence-electron chi connectivity index (χ4n) is 2.96. The first-order chi connectivity index (χ1) is 9.98. The highest BCUT2D eigenvalue weighted by Crippen LogP contribution is 2.33. The molecule has 2 aliphatic rings. The molecule has 5 nitrogen and oxygen atoms in total. The standard InChI is InChI=1S/C15H24F2N2O3/c1-10-5-6-19(12(10)20)11-7-15(16,17)9-18(8-11)13(21)22-14(2,3)4/h10-11H,5-9H2,1-4H3/t10?,11-/m1/s1. The van der Waals surface area contributed by atoms with Gasteiger partial charge in [0.05, 0.1) is 12.6 Å². The van der Waals surface area contributed by atoms with Gasteiger partial charge in [-0.3, -0.25) is 4.79 Å². The molecule has 0 radical (unpaired) electrons. The molecule has 2 heterocycles. The van der Waals surface area contributed by atoms with E-state index in [0.717, 1.165) is 4.90 Å². The molecule has 7 heteroatoms. The van der Waals surface area contributed by atoms with Crippen molar-refractivity contribution in [2.75, 3.05) is 19.6 Å². The molecule has 0 N–H and O–H groups in total. The molecule has 0 bridgehead atoms. The Bertz CT molecular complexity index is 462. The van der Waals surface area contributed by atoms with Gasteiger partial charge in [-0.2, -0.15) is 0 Å². The lowest BCUT2D eigenvalue weighted by Gasteiger charge is -2.41. The van der Waals surface area contributed by atoms with Crippen molar-refractivity contribution >= 4 is 12.0 Å². The van der Waals surface area contributed by atoms with Crippen LogP contribution in [0.2, 0.25) is 0 Å². The second-order valence-electron chi connectivity index (χ2n) is 7.30. The number of piperidine rings is 1. The topological polar surface area (TPSA) is 49.9 Å². The van der Waals surface area contributed by atoms with Gasteiger partial charge in [-0.1, -0.05) is 6.92 Å². The molecule has 0 saturated carbocycles. The van der Waals surface area contributed by atoms with Crippen molar-refractivity contribution < 1.29 is 23.1 Å². The van der Waals surface area contributed by atoms with Gasteiger partial charge in [0.15, 0.2) is 0 Å². The first kappa shape index (κ1) is 17.0. The van der Waals surface area contributed by atoms with Crippen LogP contribution >= 0.6 is 0 Å². The maximum atomic E-state index is 14.0. The summed E-state index contributed by atoms with van der Waals surface area (Å²) in [6, 6.07) is -0.645. The Kier molecular flexibility index (Phi) is 4.37. The summed E-state index contributed by atoms with van der Waals surface area (Å²) >= 11 is 0. The van der Waals surface area contributed by atoms with Gasteiger partial charge in [-0.25, -0.2) is 13.6 Å². The van der Waals surface area contributed by atoms with Crippen LogP contribution < -0.4 is 0 Å². The molecule has 22 heavy (non-hydrogen) atoms. The second-order valence-corrected chi connectivity index (χ2v) is 7.30. The number of halogens is 2. The van der Waals surface area contributed by atoms with E-state index in [1.807, 2.05) is 0 Å². The molecule has 0 aliphatic carbocycles. The lowest BCUT2D eigenvalue weighted by Crippen LogP contribution is -2.57. The summed E-state index contributed by atoms with van der Waals surface area (Å²) in [6.07, 6.45) is -0.477. The van der Waals surface area contributed by atoms with Gasteiger partial charge in [0.2, 0.25) is 5.91 Å². The van der Waals surface area contributed by atoms with Gasteiger partial charge in [0.25, 0.3) is 5.92 Å². The summed E-state index contributed by atoms with van der Waals surface area (Å²) in [7, 11) is 0. The van der Waals surface area contributed by atoms with Crippen molar-refractivity contribution in [2.24, 2.45) is 5.92 Å². The number of hydrogen-bond donors (Lipinski definition) is 0. The van der Waals surface area contributed by atoms with Crippen LogP contribution in [-0.4, -0.2) is 59.0 Å². The smallest absolute Gasteiger partial charge is 0.410 e. The van der Waals surface area contributed by atoms with E-state index in [1.54, 1.807) is 27.7 Å². The monoisotopic (exact) mass is 318 g/mol. The Morgan fingerprint density at radius 2 is 2.00 bits per heavy atom.